The van der Waals surface area contributed by atoms with Crippen LogP contribution in [0.4, 0.5) is 4.39 Å². The van der Waals surface area contributed by atoms with Gasteiger partial charge in [-0.3, -0.25) is 4.79 Å². The predicted octanol–water partition coefficient (Wildman–Crippen LogP) is 2.48. The van der Waals surface area contributed by atoms with Crippen molar-refractivity contribution >= 4 is 5.97 Å². The fourth-order valence-electron chi connectivity index (χ4n) is 1.19. The van der Waals surface area contributed by atoms with Crippen molar-refractivity contribution in [2.24, 2.45) is 5.41 Å². The first kappa shape index (κ1) is 10.7. The molecule has 0 aliphatic rings. The van der Waals surface area contributed by atoms with Crippen molar-refractivity contribution in [3.63, 3.8) is 0 Å². The lowest BCUT2D eigenvalue weighted by Gasteiger charge is -2.19. The molecule has 2 nitrogen and oxygen atoms in total. The van der Waals surface area contributed by atoms with Gasteiger partial charge in [-0.25, -0.2) is 4.39 Å². The van der Waals surface area contributed by atoms with E-state index in [-0.39, 0.29) is 12.2 Å². The van der Waals surface area contributed by atoms with Crippen molar-refractivity contribution in [1.82, 2.24) is 0 Å². The van der Waals surface area contributed by atoms with Gasteiger partial charge in [0.1, 0.15) is 5.82 Å². The highest BCUT2D eigenvalue weighted by Gasteiger charge is 2.28. The van der Waals surface area contributed by atoms with Crippen LogP contribution in [0.2, 0.25) is 0 Å². The van der Waals surface area contributed by atoms with Gasteiger partial charge < -0.3 is 5.11 Å². The Morgan fingerprint density at radius 2 is 2.00 bits per heavy atom. The quantitative estimate of drug-likeness (QED) is 0.806. The van der Waals surface area contributed by atoms with Crippen molar-refractivity contribution in [3.05, 3.63) is 35.6 Å². The standard InChI is InChI=1S/C11H13FO2/c1-11(2,10(13)14)7-8-5-3-4-6-9(8)12/h3-6H,7H2,1-2H3,(H,13,14). The van der Waals surface area contributed by atoms with Crippen molar-refractivity contribution < 1.29 is 14.3 Å². The van der Waals surface area contributed by atoms with Crippen LogP contribution in [-0.2, 0) is 11.2 Å². The number of carbonyl (C=O) groups is 1. The molecule has 0 fully saturated rings. The summed E-state index contributed by atoms with van der Waals surface area (Å²) in [6, 6.07) is 6.25. The van der Waals surface area contributed by atoms with Crippen molar-refractivity contribution in [2.45, 2.75) is 20.3 Å². The summed E-state index contributed by atoms with van der Waals surface area (Å²) < 4.78 is 13.2. The predicted molar refractivity (Wildman–Crippen MR) is 51.5 cm³/mol. The minimum Gasteiger partial charge on any atom is -0.481 e. The van der Waals surface area contributed by atoms with E-state index in [1.807, 2.05) is 0 Å². The molecule has 0 heterocycles. The third-order valence-electron chi connectivity index (χ3n) is 2.17. The molecule has 0 spiro atoms. The molecule has 0 unspecified atom stereocenters. The third kappa shape index (κ3) is 2.31. The van der Waals surface area contributed by atoms with E-state index < -0.39 is 11.4 Å². The zero-order chi connectivity index (χ0) is 10.8. The molecule has 76 valence electrons. The fourth-order valence-corrected chi connectivity index (χ4v) is 1.19. The number of aliphatic carboxylic acids is 1. The van der Waals surface area contributed by atoms with Crippen LogP contribution in [0.25, 0.3) is 0 Å². The minimum atomic E-state index is -0.928. The lowest BCUT2D eigenvalue weighted by atomic mass is 9.86. The Morgan fingerprint density at radius 3 is 2.50 bits per heavy atom. The monoisotopic (exact) mass is 196 g/mol. The van der Waals surface area contributed by atoms with E-state index in [2.05, 4.69) is 0 Å². The minimum absolute atomic E-state index is 0.203. The number of rotatable bonds is 3. The molecule has 0 aromatic heterocycles. The Labute approximate surface area is 82.4 Å². The normalized spacial score (nSPS) is 11.4. The summed E-state index contributed by atoms with van der Waals surface area (Å²) in [4.78, 5) is 10.8. The van der Waals surface area contributed by atoms with Crippen molar-refractivity contribution in [1.29, 1.82) is 0 Å². The van der Waals surface area contributed by atoms with Crippen molar-refractivity contribution in [3.8, 4) is 0 Å². The molecule has 1 rings (SSSR count). The van der Waals surface area contributed by atoms with Gasteiger partial charge in [0.2, 0.25) is 0 Å². The topological polar surface area (TPSA) is 37.3 Å². The van der Waals surface area contributed by atoms with Crippen molar-refractivity contribution in [2.75, 3.05) is 0 Å². The van der Waals surface area contributed by atoms with Gasteiger partial charge in [-0.15, -0.1) is 0 Å². The Balaban J connectivity index is 2.89. The lowest BCUT2D eigenvalue weighted by Crippen LogP contribution is -2.26. The third-order valence-corrected chi connectivity index (χ3v) is 2.17. The van der Waals surface area contributed by atoms with E-state index in [9.17, 15) is 9.18 Å². The molecule has 0 aliphatic carbocycles. The van der Waals surface area contributed by atoms with Gasteiger partial charge in [0.25, 0.3) is 0 Å². The van der Waals surface area contributed by atoms with Gasteiger partial charge in [-0.1, -0.05) is 18.2 Å². The summed E-state index contributed by atoms with van der Waals surface area (Å²) in [7, 11) is 0. The van der Waals surface area contributed by atoms with E-state index >= 15 is 0 Å². The summed E-state index contributed by atoms with van der Waals surface area (Å²) >= 11 is 0. The number of benzene rings is 1. The van der Waals surface area contributed by atoms with Crippen LogP contribution in [0.5, 0.6) is 0 Å². The average molecular weight is 196 g/mol. The first-order valence-corrected chi connectivity index (χ1v) is 4.40. The lowest BCUT2D eigenvalue weighted by molar-refractivity contribution is -0.146. The molecule has 3 heteroatoms. The number of carboxylic acids is 1. The van der Waals surface area contributed by atoms with E-state index in [0.29, 0.717) is 5.56 Å². The Hall–Kier alpha value is -1.38. The SMILES string of the molecule is CC(C)(Cc1ccccc1F)C(=O)O. The highest BCUT2D eigenvalue weighted by Crippen LogP contribution is 2.23. The summed E-state index contributed by atoms with van der Waals surface area (Å²) in [5, 5.41) is 8.87. The van der Waals surface area contributed by atoms with Gasteiger partial charge in [-0.05, 0) is 31.9 Å². The van der Waals surface area contributed by atoms with Gasteiger partial charge in [0.15, 0.2) is 0 Å². The summed E-state index contributed by atoms with van der Waals surface area (Å²) in [5.74, 6) is -1.26. The highest BCUT2D eigenvalue weighted by atomic mass is 19.1. The van der Waals surface area contributed by atoms with Crippen LogP contribution in [0.1, 0.15) is 19.4 Å². The second kappa shape index (κ2) is 3.78. The fraction of sp³-hybridized carbons (Fsp3) is 0.364. The van der Waals surface area contributed by atoms with E-state index in [4.69, 9.17) is 5.11 Å². The number of halogens is 1. The van der Waals surface area contributed by atoms with E-state index in [1.165, 1.54) is 6.07 Å². The smallest absolute Gasteiger partial charge is 0.309 e. The zero-order valence-electron chi connectivity index (χ0n) is 8.25. The molecule has 1 N–H and O–H groups in total. The molecule has 1 aromatic carbocycles. The largest absolute Gasteiger partial charge is 0.481 e. The molecular formula is C11H13FO2. The van der Waals surface area contributed by atoms with Crippen LogP contribution in [0, 0.1) is 11.2 Å². The molecule has 0 amide bonds. The van der Waals surface area contributed by atoms with Gasteiger partial charge in [-0.2, -0.15) is 0 Å². The first-order valence-electron chi connectivity index (χ1n) is 4.40. The second-order valence-electron chi connectivity index (χ2n) is 3.96. The maximum absolute atomic E-state index is 13.2. The zero-order valence-corrected chi connectivity index (χ0v) is 8.25. The van der Waals surface area contributed by atoms with Gasteiger partial charge in [0.05, 0.1) is 5.41 Å². The van der Waals surface area contributed by atoms with Gasteiger partial charge in [0, 0.05) is 0 Å². The van der Waals surface area contributed by atoms with Crippen LogP contribution < -0.4 is 0 Å². The molecule has 0 radical (unpaired) electrons. The maximum atomic E-state index is 13.2. The van der Waals surface area contributed by atoms with E-state index in [1.54, 1.807) is 32.0 Å². The molecule has 0 aliphatic heterocycles. The number of hydrogen-bond donors (Lipinski definition) is 1. The van der Waals surface area contributed by atoms with Gasteiger partial charge >= 0.3 is 5.97 Å². The first-order chi connectivity index (χ1) is 6.43. The Morgan fingerprint density at radius 1 is 1.43 bits per heavy atom. The summed E-state index contributed by atoms with van der Waals surface area (Å²) in [6.45, 7) is 3.17. The van der Waals surface area contributed by atoms with Crippen LogP contribution in [-0.4, -0.2) is 11.1 Å². The highest BCUT2D eigenvalue weighted by molar-refractivity contribution is 5.74. The van der Waals surface area contributed by atoms with E-state index in [0.717, 1.165) is 0 Å². The molecule has 0 atom stereocenters. The van der Waals surface area contributed by atoms with Crippen LogP contribution >= 0.6 is 0 Å². The average Bonchev–Trinajstić information content (AvgIpc) is 2.08. The maximum Gasteiger partial charge on any atom is 0.309 e. The molecule has 0 saturated heterocycles. The molecular weight excluding hydrogens is 183 g/mol. The summed E-state index contributed by atoms with van der Waals surface area (Å²) in [5.41, 5.74) is -0.484. The van der Waals surface area contributed by atoms with Crippen LogP contribution in [0.15, 0.2) is 24.3 Å². The molecule has 1 aromatic rings. The molecule has 14 heavy (non-hydrogen) atoms. The molecule has 0 bridgehead atoms. The number of hydrogen-bond acceptors (Lipinski definition) is 1. The second-order valence-corrected chi connectivity index (χ2v) is 3.96. The Bertz CT molecular complexity index is 345. The summed E-state index contributed by atoms with van der Waals surface area (Å²) in [6.07, 6.45) is 0.203. The van der Waals surface area contributed by atoms with Crippen LogP contribution in [0.3, 0.4) is 0 Å². The molecule has 0 saturated carbocycles. The Kier molecular flexibility index (Phi) is 2.89. The number of carboxylic acid groups (broad SMARTS) is 1.